The summed E-state index contributed by atoms with van der Waals surface area (Å²) in [4.78, 5) is 51.2. The highest BCUT2D eigenvalue weighted by atomic mass is 16.6. The molecule has 0 aliphatic heterocycles. The van der Waals surface area contributed by atoms with Crippen LogP contribution in [0.4, 0.5) is 4.79 Å². The molecule has 31 heavy (non-hydrogen) atoms. The summed E-state index contributed by atoms with van der Waals surface area (Å²) in [7, 11) is 4.73. The van der Waals surface area contributed by atoms with Gasteiger partial charge in [0.1, 0.15) is 5.75 Å². The van der Waals surface area contributed by atoms with Crippen molar-refractivity contribution in [2.75, 3.05) is 34.2 Å². The SMILES string of the molecule is CNC(=O)C(OC(=O)C(C)C)c1ccc(OC(=O)N(C)CCN(C)C(=O)C(C)C)cc1. The number of carbonyl (C=O) groups excluding carboxylic acids is 4. The third-order valence-corrected chi connectivity index (χ3v) is 4.53. The molecule has 0 aliphatic rings. The van der Waals surface area contributed by atoms with Gasteiger partial charge in [-0.2, -0.15) is 0 Å². The number of esters is 1. The van der Waals surface area contributed by atoms with Crippen LogP contribution in [0.3, 0.4) is 0 Å². The molecule has 0 saturated carbocycles. The van der Waals surface area contributed by atoms with Crippen molar-refractivity contribution in [3.8, 4) is 5.75 Å². The molecule has 0 spiro atoms. The van der Waals surface area contributed by atoms with Crippen molar-refractivity contribution >= 4 is 23.9 Å². The Morgan fingerprint density at radius 2 is 1.45 bits per heavy atom. The van der Waals surface area contributed by atoms with Gasteiger partial charge in [0.15, 0.2) is 0 Å². The highest BCUT2D eigenvalue weighted by molar-refractivity contribution is 5.85. The molecule has 3 amide bonds. The van der Waals surface area contributed by atoms with Gasteiger partial charge in [-0.05, 0) is 12.1 Å². The van der Waals surface area contributed by atoms with E-state index in [1.54, 1.807) is 45.0 Å². The third kappa shape index (κ3) is 7.92. The minimum atomic E-state index is -1.10. The Bertz CT molecular complexity index is 776. The first-order valence-corrected chi connectivity index (χ1v) is 10.2. The highest BCUT2D eigenvalue weighted by Crippen LogP contribution is 2.23. The monoisotopic (exact) mass is 435 g/mol. The van der Waals surface area contributed by atoms with E-state index in [1.165, 1.54) is 24.1 Å². The Balaban J connectivity index is 2.74. The number of benzene rings is 1. The number of hydrogen-bond acceptors (Lipinski definition) is 6. The average molecular weight is 436 g/mol. The predicted octanol–water partition coefficient (Wildman–Crippen LogP) is 2.22. The molecule has 1 N–H and O–H groups in total. The number of carbonyl (C=O) groups is 4. The summed E-state index contributed by atoms with van der Waals surface area (Å²) < 4.78 is 10.6. The number of nitrogens with one attached hydrogen (secondary N) is 1. The smallest absolute Gasteiger partial charge is 0.415 e. The molecule has 0 aliphatic carbocycles. The van der Waals surface area contributed by atoms with Crippen LogP contribution >= 0.6 is 0 Å². The van der Waals surface area contributed by atoms with Gasteiger partial charge in [-0.1, -0.05) is 39.8 Å². The first kappa shape index (κ1) is 25.9. The Labute approximate surface area is 183 Å². The molecule has 0 saturated heterocycles. The van der Waals surface area contributed by atoms with Crippen LogP contribution < -0.4 is 10.1 Å². The van der Waals surface area contributed by atoms with E-state index in [2.05, 4.69) is 5.32 Å². The standard InChI is InChI=1S/C22H33N3O6/c1-14(2)20(27)24(6)12-13-25(7)22(29)30-17-10-8-16(9-11-17)18(19(26)23-5)31-21(28)15(3)4/h8-11,14-15,18H,12-13H2,1-7H3,(H,23,26). The lowest BCUT2D eigenvalue weighted by molar-refractivity contribution is -0.159. The lowest BCUT2D eigenvalue weighted by Gasteiger charge is -2.23. The molecule has 0 fully saturated rings. The van der Waals surface area contributed by atoms with Crippen molar-refractivity contribution in [1.82, 2.24) is 15.1 Å². The minimum absolute atomic E-state index is 0.00111. The Kier molecular flexibility index (Phi) is 9.98. The van der Waals surface area contributed by atoms with Crippen molar-refractivity contribution < 1.29 is 28.7 Å². The molecular weight excluding hydrogens is 402 g/mol. The summed E-state index contributed by atoms with van der Waals surface area (Å²) in [6.07, 6.45) is -1.67. The molecule has 0 bridgehead atoms. The molecule has 0 radical (unpaired) electrons. The van der Waals surface area contributed by atoms with E-state index in [0.29, 0.717) is 18.7 Å². The first-order chi connectivity index (χ1) is 14.5. The van der Waals surface area contributed by atoms with Crippen molar-refractivity contribution in [3.05, 3.63) is 29.8 Å². The Morgan fingerprint density at radius 1 is 0.903 bits per heavy atom. The number of likely N-dealkylation sites (N-methyl/N-ethyl adjacent to an activating group) is 3. The quantitative estimate of drug-likeness (QED) is 0.597. The van der Waals surface area contributed by atoms with Crippen LogP contribution in [0.25, 0.3) is 0 Å². The summed E-state index contributed by atoms with van der Waals surface area (Å²) in [5, 5.41) is 2.47. The van der Waals surface area contributed by atoms with Gasteiger partial charge in [0.05, 0.1) is 5.92 Å². The molecule has 1 rings (SSSR count). The van der Waals surface area contributed by atoms with Crippen LogP contribution in [0.5, 0.6) is 5.75 Å². The van der Waals surface area contributed by atoms with Crippen molar-refractivity contribution in [1.29, 1.82) is 0 Å². The fraction of sp³-hybridized carbons (Fsp3) is 0.545. The van der Waals surface area contributed by atoms with E-state index < -0.39 is 24.1 Å². The van der Waals surface area contributed by atoms with Crippen LogP contribution in [0.2, 0.25) is 0 Å². The maximum atomic E-state index is 12.3. The van der Waals surface area contributed by atoms with Crippen molar-refractivity contribution in [3.63, 3.8) is 0 Å². The van der Waals surface area contributed by atoms with E-state index in [0.717, 1.165) is 0 Å². The van der Waals surface area contributed by atoms with Crippen molar-refractivity contribution in [2.45, 2.75) is 33.8 Å². The Morgan fingerprint density at radius 3 is 1.94 bits per heavy atom. The molecule has 1 unspecified atom stereocenters. The average Bonchev–Trinajstić information content (AvgIpc) is 2.74. The molecule has 0 aromatic heterocycles. The minimum Gasteiger partial charge on any atom is -0.447 e. The van der Waals surface area contributed by atoms with Gasteiger partial charge in [-0.3, -0.25) is 14.4 Å². The second-order valence-electron chi connectivity index (χ2n) is 7.86. The molecule has 0 heterocycles. The summed E-state index contributed by atoms with van der Waals surface area (Å²) >= 11 is 0. The zero-order valence-corrected chi connectivity index (χ0v) is 19.3. The topological polar surface area (TPSA) is 105 Å². The molecule has 1 atom stereocenters. The van der Waals surface area contributed by atoms with Gasteiger partial charge < -0.3 is 24.6 Å². The van der Waals surface area contributed by atoms with Gasteiger partial charge in [0.25, 0.3) is 5.91 Å². The maximum Gasteiger partial charge on any atom is 0.415 e. The van der Waals surface area contributed by atoms with Crippen LogP contribution in [0, 0.1) is 11.8 Å². The predicted molar refractivity (Wildman–Crippen MR) is 115 cm³/mol. The van der Waals surface area contributed by atoms with Gasteiger partial charge in [-0.15, -0.1) is 0 Å². The number of nitrogens with zero attached hydrogens (tertiary/aromatic N) is 2. The van der Waals surface area contributed by atoms with E-state index >= 15 is 0 Å². The zero-order valence-electron chi connectivity index (χ0n) is 19.3. The van der Waals surface area contributed by atoms with Gasteiger partial charge >= 0.3 is 12.1 Å². The molecule has 1 aromatic carbocycles. The summed E-state index contributed by atoms with van der Waals surface area (Å²) in [6, 6.07) is 6.17. The summed E-state index contributed by atoms with van der Waals surface area (Å²) in [5.74, 6) is -1.17. The van der Waals surface area contributed by atoms with Gasteiger partial charge in [-0.25, -0.2) is 4.79 Å². The normalized spacial score (nSPS) is 11.6. The fourth-order valence-corrected chi connectivity index (χ4v) is 2.49. The third-order valence-electron chi connectivity index (χ3n) is 4.53. The van der Waals surface area contributed by atoms with E-state index in [-0.39, 0.29) is 23.5 Å². The van der Waals surface area contributed by atoms with Crippen molar-refractivity contribution in [2.24, 2.45) is 11.8 Å². The largest absolute Gasteiger partial charge is 0.447 e. The molecular formula is C22H33N3O6. The van der Waals surface area contributed by atoms with Gasteiger partial charge in [0, 0.05) is 45.7 Å². The van der Waals surface area contributed by atoms with E-state index in [4.69, 9.17) is 9.47 Å². The van der Waals surface area contributed by atoms with Crippen LogP contribution in [0.1, 0.15) is 39.4 Å². The van der Waals surface area contributed by atoms with Gasteiger partial charge in [0.2, 0.25) is 12.0 Å². The van der Waals surface area contributed by atoms with E-state index in [1.807, 2.05) is 13.8 Å². The van der Waals surface area contributed by atoms with Crippen LogP contribution in [0.15, 0.2) is 24.3 Å². The Hall–Kier alpha value is -3.10. The van der Waals surface area contributed by atoms with E-state index in [9.17, 15) is 19.2 Å². The lowest BCUT2D eigenvalue weighted by atomic mass is 10.1. The summed E-state index contributed by atoms with van der Waals surface area (Å²) in [6.45, 7) is 7.70. The van der Waals surface area contributed by atoms with Crippen LogP contribution in [-0.2, 0) is 19.1 Å². The fourth-order valence-electron chi connectivity index (χ4n) is 2.49. The number of amides is 3. The molecule has 9 heteroatoms. The second kappa shape index (κ2) is 11.9. The summed E-state index contributed by atoms with van der Waals surface area (Å²) in [5.41, 5.74) is 0.454. The molecule has 9 nitrogen and oxygen atoms in total. The second-order valence-corrected chi connectivity index (χ2v) is 7.86. The number of ether oxygens (including phenoxy) is 2. The maximum absolute atomic E-state index is 12.3. The molecule has 1 aromatic rings. The highest BCUT2D eigenvalue weighted by Gasteiger charge is 2.25. The number of rotatable bonds is 9. The lowest BCUT2D eigenvalue weighted by Crippen LogP contribution is -2.39. The first-order valence-electron chi connectivity index (χ1n) is 10.2. The zero-order chi connectivity index (χ0) is 23.7. The van der Waals surface area contributed by atoms with Crippen LogP contribution in [-0.4, -0.2) is 67.9 Å². The number of hydrogen-bond donors (Lipinski definition) is 1. The molecule has 172 valence electrons.